The van der Waals surface area contributed by atoms with Crippen LogP contribution < -0.4 is 0 Å². The topological polar surface area (TPSA) is 0 Å². The van der Waals surface area contributed by atoms with Crippen molar-refractivity contribution >= 4 is 37.9 Å². The average Bonchev–Trinajstić information content (AvgIpc) is 3.59. The maximum absolute atomic E-state index is 2.61. The van der Waals surface area contributed by atoms with Gasteiger partial charge in [-0.05, 0) is 155 Å². The second-order valence-electron chi connectivity index (χ2n) is 24.5. The Morgan fingerprint density at radius 1 is 0.431 bits per heavy atom. The van der Waals surface area contributed by atoms with E-state index in [2.05, 4.69) is 236 Å². The van der Waals surface area contributed by atoms with E-state index in [1.165, 1.54) is 116 Å². The van der Waals surface area contributed by atoms with Gasteiger partial charge in [-0.25, -0.2) is 0 Å². The van der Waals surface area contributed by atoms with Crippen molar-refractivity contribution in [3.05, 3.63) is 184 Å². The first-order chi connectivity index (χ1) is 30.5. The van der Waals surface area contributed by atoms with Crippen LogP contribution in [-0.4, -0.2) is 0 Å². The number of rotatable bonds is 3. The largest absolute Gasteiger partial charge is 0.0730 e. The van der Waals surface area contributed by atoms with Crippen molar-refractivity contribution < 1.29 is 0 Å². The molecular formula is C65H66. The molecule has 3 aliphatic carbocycles. The van der Waals surface area contributed by atoms with E-state index in [1.807, 2.05) is 0 Å². The third kappa shape index (κ3) is 6.15. The first kappa shape index (κ1) is 41.9. The van der Waals surface area contributed by atoms with Crippen LogP contribution in [-0.2, 0) is 32.5 Å². The van der Waals surface area contributed by atoms with Crippen molar-refractivity contribution in [2.45, 2.75) is 129 Å². The molecule has 3 aliphatic rings. The van der Waals surface area contributed by atoms with Gasteiger partial charge < -0.3 is 0 Å². The van der Waals surface area contributed by atoms with Crippen LogP contribution in [0.25, 0.3) is 71.3 Å². The van der Waals surface area contributed by atoms with Gasteiger partial charge in [0.25, 0.3) is 0 Å². The minimum absolute atomic E-state index is 0.0172. The molecule has 0 heteroatoms. The molecule has 11 rings (SSSR count). The molecule has 0 aromatic heterocycles. The van der Waals surface area contributed by atoms with E-state index in [-0.39, 0.29) is 32.5 Å². The maximum atomic E-state index is 2.61. The third-order valence-electron chi connectivity index (χ3n) is 16.5. The molecule has 0 spiro atoms. The van der Waals surface area contributed by atoms with Crippen molar-refractivity contribution in [1.29, 1.82) is 0 Å². The molecule has 0 heterocycles. The van der Waals surface area contributed by atoms with E-state index in [0.717, 1.165) is 0 Å². The number of hydrogen-bond acceptors (Lipinski definition) is 0. The first-order valence-electron chi connectivity index (χ1n) is 24.2. The van der Waals surface area contributed by atoms with Crippen LogP contribution >= 0.6 is 0 Å². The summed E-state index contributed by atoms with van der Waals surface area (Å²) in [4.78, 5) is 0. The fourth-order valence-corrected chi connectivity index (χ4v) is 12.4. The smallest absolute Gasteiger partial charge is 0.0181 e. The lowest BCUT2D eigenvalue weighted by Crippen LogP contribution is -2.34. The van der Waals surface area contributed by atoms with E-state index >= 15 is 0 Å². The van der Waals surface area contributed by atoms with E-state index in [9.17, 15) is 0 Å². The quantitative estimate of drug-likeness (QED) is 0.155. The van der Waals surface area contributed by atoms with E-state index < -0.39 is 0 Å². The van der Waals surface area contributed by atoms with Gasteiger partial charge in [-0.3, -0.25) is 0 Å². The SMILES string of the molecule is CC(C)(C)c1ccc2c(c1)C(C)(C)c1cc(C(C)(C)C)cc(-c3ccc4c(c3)C(C)(C)C3C=C(c5cccc(-c6ccc7ccc8cc(C(C)(C)C)cc9ccc6c7c89)c5)C=CC43C)c1-2. The van der Waals surface area contributed by atoms with Gasteiger partial charge in [-0.2, -0.15) is 0 Å². The summed E-state index contributed by atoms with van der Waals surface area (Å²) in [6.07, 6.45) is 7.55. The monoisotopic (exact) mass is 847 g/mol. The van der Waals surface area contributed by atoms with Gasteiger partial charge in [0.2, 0.25) is 0 Å². The summed E-state index contributed by atoms with van der Waals surface area (Å²) in [6, 6.07) is 48.0. The molecule has 0 amide bonds. The van der Waals surface area contributed by atoms with Crippen molar-refractivity contribution in [3.63, 3.8) is 0 Å². The third-order valence-corrected chi connectivity index (χ3v) is 16.5. The lowest BCUT2D eigenvalue weighted by Gasteiger charge is -2.37. The molecule has 0 saturated carbocycles. The molecule has 8 aromatic carbocycles. The summed E-state index contributed by atoms with van der Waals surface area (Å²) in [7, 11) is 0. The molecule has 2 unspecified atom stereocenters. The summed E-state index contributed by atoms with van der Waals surface area (Å²) in [5.41, 5.74) is 20.6. The number of benzene rings is 8. The summed E-state index contributed by atoms with van der Waals surface area (Å²) in [5.74, 6) is 0.304. The van der Waals surface area contributed by atoms with Crippen molar-refractivity contribution in [2.24, 2.45) is 5.92 Å². The van der Waals surface area contributed by atoms with Crippen molar-refractivity contribution in [3.8, 4) is 33.4 Å². The lowest BCUT2D eigenvalue weighted by atomic mass is 9.66. The Labute approximate surface area is 388 Å². The minimum atomic E-state index is -0.107. The molecule has 0 N–H and O–H groups in total. The van der Waals surface area contributed by atoms with Crippen LogP contribution in [0.1, 0.15) is 141 Å². The first-order valence-corrected chi connectivity index (χ1v) is 24.2. The highest BCUT2D eigenvalue weighted by atomic mass is 14.6. The van der Waals surface area contributed by atoms with Gasteiger partial charge in [-0.1, -0.05) is 224 Å². The zero-order valence-corrected chi connectivity index (χ0v) is 41.4. The number of hydrogen-bond donors (Lipinski definition) is 0. The van der Waals surface area contributed by atoms with Gasteiger partial charge >= 0.3 is 0 Å². The standard InChI is InChI=1S/C65H66/c1-60(2,3)45-23-26-50-53(36-45)63(10,11)55-37-47(62(7,8)9)35-51(59(50)55)42-22-27-52-54(33-42)64(12,13)56-34-40(28-29-65(52,56)14)39-16-15-17-41(30-39)48-24-20-38-18-19-43-31-46(61(4,5)6)32-44-21-25-49(48)58(38)57(43)44/h15-37,56H,1-14H3. The molecular weight excluding hydrogens is 781 g/mol. The summed E-state index contributed by atoms with van der Waals surface area (Å²) >= 11 is 0. The highest BCUT2D eigenvalue weighted by Crippen LogP contribution is 2.60. The van der Waals surface area contributed by atoms with Crippen LogP contribution in [0.4, 0.5) is 0 Å². The molecule has 0 radical (unpaired) electrons. The molecule has 0 aliphatic heterocycles. The Morgan fingerprint density at radius 3 is 1.74 bits per heavy atom. The Morgan fingerprint density at radius 2 is 1.03 bits per heavy atom. The number of fused-ring (bicyclic) bond motifs is 6. The fourth-order valence-electron chi connectivity index (χ4n) is 12.4. The Kier molecular flexibility index (Phi) is 8.67. The molecule has 65 heavy (non-hydrogen) atoms. The maximum Gasteiger partial charge on any atom is 0.0181 e. The van der Waals surface area contributed by atoms with Crippen LogP contribution in [0.3, 0.4) is 0 Å². The van der Waals surface area contributed by atoms with E-state index in [4.69, 9.17) is 0 Å². The molecule has 326 valence electrons. The summed E-state index contributed by atoms with van der Waals surface area (Å²) < 4.78 is 0. The second-order valence-corrected chi connectivity index (χ2v) is 24.5. The van der Waals surface area contributed by atoms with Crippen LogP contribution in [0.15, 0.2) is 140 Å². The molecule has 2 atom stereocenters. The molecule has 8 aromatic rings. The van der Waals surface area contributed by atoms with Gasteiger partial charge in [-0.15, -0.1) is 0 Å². The zero-order valence-electron chi connectivity index (χ0n) is 41.4. The van der Waals surface area contributed by atoms with E-state index in [0.29, 0.717) is 5.92 Å². The predicted molar refractivity (Wildman–Crippen MR) is 282 cm³/mol. The van der Waals surface area contributed by atoms with E-state index in [1.54, 1.807) is 0 Å². The second kappa shape index (κ2) is 13.4. The van der Waals surface area contributed by atoms with Crippen molar-refractivity contribution in [1.82, 2.24) is 0 Å². The fraction of sp³-hybridized carbons (Fsp3) is 0.323. The lowest BCUT2D eigenvalue weighted by molar-refractivity contribution is 0.325. The molecule has 0 fully saturated rings. The average molecular weight is 847 g/mol. The molecule has 0 bridgehead atoms. The molecule has 0 nitrogen and oxygen atoms in total. The minimum Gasteiger partial charge on any atom is -0.0730 e. The summed E-state index contributed by atoms with van der Waals surface area (Å²) in [6.45, 7) is 33.4. The predicted octanol–water partition coefficient (Wildman–Crippen LogP) is 17.9. The normalized spacial score (nSPS) is 19.7. The van der Waals surface area contributed by atoms with Gasteiger partial charge in [0.15, 0.2) is 0 Å². The van der Waals surface area contributed by atoms with Crippen molar-refractivity contribution in [2.75, 3.05) is 0 Å². The summed E-state index contributed by atoms with van der Waals surface area (Å²) in [5, 5.41) is 8.04. The van der Waals surface area contributed by atoms with Gasteiger partial charge in [0.05, 0.1) is 0 Å². The highest BCUT2D eigenvalue weighted by Gasteiger charge is 2.52. The molecule has 0 saturated heterocycles. The number of allylic oxidation sites excluding steroid dienone is 4. The van der Waals surface area contributed by atoms with Gasteiger partial charge in [0, 0.05) is 10.8 Å². The highest BCUT2D eigenvalue weighted by molar-refractivity contribution is 6.25. The van der Waals surface area contributed by atoms with Gasteiger partial charge in [0.1, 0.15) is 0 Å². The Balaban J connectivity index is 0.992. The zero-order chi connectivity index (χ0) is 46.0. The van der Waals surface area contributed by atoms with Crippen LogP contribution in [0.5, 0.6) is 0 Å². The van der Waals surface area contributed by atoms with Crippen LogP contribution in [0.2, 0.25) is 0 Å². The Hall–Kier alpha value is -5.72. The van der Waals surface area contributed by atoms with Crippen LogP contribution in [0, 0.1) is 5.92 Å². The Bertz CT molecular complexity index is 3350.